The molecule has 3 rings (SSSR count). The van der Waals surface area contributed by atoms with E-state index in [2.05, 4.69) is 33.7 Å². The van der Waals surface area contributed by atoms with Gasteiger partial charge >= 0.3 is 0 Å². The molecule has 0 spiro atoms. The highest BCUT2D eigenvalue weighted by Gasteiger charge is 2.17. The van der Waals surface area contributed by atoms with E-state index in [0.29, 0.717) is 46.8 Å². The molecule has 0 saturated carbocycles. The topological polar surface area (TPSA) is 82.8 Å². The zero-order chi connectivity index (χ0) is 16.9. The number of nitrogens with two attached hydrogens (primary N) is 1. The highest BCUT2D eigenvalue weighted by Crippen LogP contribution is 2.24. The summed E-state index contributed by atoms with van der Waals surface area (Å²) in [6, 6.07) is 3.56. The van der Waals surface area contributed by atoms with Crippen LogP contribution in [0.2, 0.25) is 0 Å². The summed E-state index contributed by atoms with van der Waals surface area (Å²) in [5, 5.41) is 0. The van der Waals surface area contributed by atoms with Gasteiger partial charge in [-0.1, -0.05) is 19.3 Å². The summed E-state index contributed by atoms with van der Waals surface area (Å²) in [5.41, 5.74) is 7.23. The second-order valence-corrected chi connectivity index (χ2v) is 5.64. The van der Waals surface area contributed by atoms with Crippen molar-refractivity contribution in [3.63, 3.8) is 0 Å². The molecule has 3 aromatic heterocycles. The molecule has 2 N–H and O–H groups in total. The molecule has 7 heteroatoms. The van der Waals surface area contributed by atoms with Crippen LogP contribution in [0.5, 0.6) is 0 Å². The highest BCUT2D eigenvalue weighted by atomic mass is 35.5. The molecular formula is C17H18ClN5O. The van der Waals surface area contributed by atoms with E-state index in [0.717, 1.165) is 19.3 Å². The predicted molar refractivity (Wildman–Crippen MR) is 94.6 cm³/mol. The summed E-state index contributed by atoms with van der Waals surface area (Å²) in [6.45, 7) is 2.68. The van der Waals surface area contributed by atoms with Crippen LogP contribution in [0.15, 0.2) is 22.8 Å². The molecule has 0 aliphatic carbocycles. The van der Waals surface area contributed by atoms with E-state index in [1.165, 1.54) is 0 Å². The summed E-state index contributed by atoms with van der Waals surface area (Å²) >= 11 is 5.94. The van der Waals surface area contributed by atoms with Gasteiger partial charge in [0.25, 0.3) is 0 Å². The Morgan fingerprint density at radius 3 is 2.92 bits per heavy atom. The molecule has 0 amide bonds. The lowest BCUT2D eigenvalue weighted by Gasteiger charge is -2.04. The second kappa shape index (κ2) is 7.37. The third-order valence-corrected chi connectivity index (χ3v) is 3.70. The monoisotopic (exact) mass is 343 g/mol. The van der Waals surface area contributed by atoms with E-state index >= 15 is 0 Å². The molecule has 0 unspecified atom stereocenters. The van der Waals surface area contributed by atoms with Gasteiger partial charge in [-0.05, 0) is 24.5 Å². The average molecular weight is 344 g/mol. The van der Waals surface area contributed by atoms with Crippen molar-refractivity contribution < 1.29 is 4.42 Å². The maximum Gasteiger partial charge on any atom is 0.199 e. The van der Waals surface area contributed by atoms with Crippen molar-refractivity contribution in [3.05, 3.63) is 24.2 Å². The van der Waals surface area contributed by atoms with Crippen LogP contribution in [0.3, 0.4) is 0 Å². The molecule has 124 valence electrons. The number of unbranched alkanes of at least 4 members (excludes halogenated alkanes) is 2. The van der Waals surface area contributed by atoms with Gasteiger partial charge in [0.2, 0.25) is 0 Å². The SMILES string of the molecule is CCCCC#Cc1nc2c(N)nc(-c3ccco3)nc2n1CCCl. The molecule has 6 nitrogen and oxygen atoms in total. The van der Waals surface area contributed by atoms with E-state index < -0.39 is 0 Å². The summed E-state index contributed by atoms with van der Waals surface area (Å²) in [4.78, 5) is 13.3. The van der Waals surface area contributed by atoms with Gasteiger partial charge < -0.3 is 14.7 Å². The van der Waals surface area contributed by atoms with Gasteiger partial charge in [-0.25, -0.2) is 15.0 Å². The van der Waals surface area contributed by atoms with E-state index in [1.54, 1.807) is 18.4 Å². The smallest absolute Gasteiger partial charge is 0.199 e. The Morgan fingerprint density at radius 2 is 2.21 bits per heavy atom. The van der Waals surface area contributed by atoms with Gasteiger partial charge in [0, 0.05) is 18.8 Å². The number of aryl methyl sites for hydroxylation is 1. The van der Waals surface area contributed by atoms with Crippen LogP contribution in [0.4, 0.5) is 5.82 Å². The molecule has 24 heavy (non-hydrogen) atoms. The molecule has 3 aromatic rings. The number of nitrogen functional groups attached to an aromatic ring is 1. The van der Waals surface area contributed by atoms with Gasteiger partial charge in [0.15, 0.2) is 34.4 Å². The first-order chi connectivity index (χ1) is 11.7. The Morgan fingerprint density at radius 1 is 1.33 bits per heavy atom. The molecule has 0 fully saturated rings. The number of alkyl halides is 1. The number of nitrogens with zero attached hydrogens (tertiary/aromatic N) is 4. The van der Waals surface area contributed by atoms with Crippen molar-refractivity contribution in [2.75, 3.05) is 11.6 Å². The van der Waals surface area contributed by atoms with Crippen LogP contribution in [0, 0.1) is 11.8 Å². The normalized spacial score (nSPS) is 10.8. The first kappa shape index (κ1) is 16.3. The number of furan rings is 1. The summed E-state index contributed by atoms with van der Waals surface area (Å²) in [5.74, 6) is 8.55. The fraction of sp³-hybridized carbons (Fsp3) is 0.353. The third kappa shape index (κ3) is 3.22. The van der Waals surface area contributed by atoms with Crippen LogP contribution >= 0.6 is 11.6 Å². The molecule has 0 bridgehead atoms. The van der Waals surface area contributed by atoms with Crippen LogP contribution in [0.1, 0.15) is 32.0 Å². The molecule has 0 atom stereocenters. The maximum absolute atomic E-state index is 6.07. The number of imidazole rings is 1. The van der Waals surface area contributed by atoms with Crippen LogP contribution in [-0.2, 0) is 6.54 Å². The number of rotatable bonds is 5. The third-order valence-electron chi connectivity index (χ3n) is 3.53. The number of anilines is 1. The minimum absolute atomic E-state index is 0.302. The first-order valence-corrected chi connectivity index (χ1v) is 8.40. The zero-order valence-corrected chi connectivity index (χ0v) is 14.2. The number of hydrogen-bond acceptors (Lipinski definition) is 5. The van der Waals surface area contributed by atoms with Crippen LogP contribution in [-0.4, -0.2) is 25.4 Å². The van der Waals surface area contributed by atoms with Crippen molar-refractivity contribution >= 4 is 28.6 Å². The van der Waals surface area contributed by atoms with E-state index in [1.807, 2.05) is 4.57 Å². The lowest BCUT2D eigenvalue weighted by atomic mass is 10.2. The van der Waals surface area contributed by atoms with Crippen LogP contribution in [0.25, 0.3) is 22.7 Å². The minimum Gasteiger partial charge on any atom is -0.461 e. The molecule has 0 saturated heterocycles. The first-order valence-electron chi connectivity index (χ1n) is 7.87. The van der Waals surface area contributed by atoms with Crippen molar-refractivity contribution in [3.8, 4) is 23.4 Å². The highest BCUT2D eigenvalue weighted by molar-refractivity contribution is 6.17. The summed E-state index contributed by atoms with van der Waals surface area (Å²) < 4.78 is 7.24. The maximum atomic E-state index is 6.07. The zero-order valence-electron chi connectivity index (χ0n) is 13.4. The summed E-state index contributed by atoms with van der Waals surface area (Å²) in [7, 11) is 0. The Balaban J connectivity index is 2.11. The molecular weight excluding hydrogens is 326 g/mol. The lowest BCUT2D eigenvalue weighted by Crippen LogP contribution is -2.05. The van der Waals surface area contributed by atoms with Gasteiger partial charge in [-0.3, -0.25) is 0 Å². The number of aromatic nitrogens is 4. The van der Waals surface area contributed by atoms with E-state index in [4.69, 9.17) is 21.8 Å². The standard InChI is InChI=1S/C17H18ClN5O/c1-2-3-4-5-8-13-20-14-15(19)21-16(12-7-6-11-24-12)22-17(14)23(13)10-9-18/h6-7,11H,2-4,9-10H2,1H3,(H2,19,21,22). The largest absolute Gasteiger partial charge is 0.461 e. The molecule has 3 heterocycles. The summed E-state index contributed by atoms with van der Waals surface area (Å²) in [6.07, 6.45) is 4.57. The van der Waals surface area contributed by atoms with Gasteiger partial charge in [0.05, 0.1) is 6.26 Å². The van der Waals surface area contributed by atoms with Crippen molar-refractivity contribution in [2.45, 2.75) is 32.7 Å². The Kier molecular flexibility index (Phi) is 5.02. The van der Waals surface area contributed by atoms with Crippen molar-refractivity contribution in [1.29, 1.82) is 0 Å². The van der Waals surface area contributed by atoms with Crippen LogP contribution < -0.4 is 5.73 Å². The molecule has 0 aromatic carbocycles. The molecule has 0 radical (unpaired) electrons. The predicted octanol–water partition coefficient (Wildman–Crippen LogP) is 3.45. The number of fused-ring (bicyclic) bond motifs is 1. The van der Waals surface area contributed by atoms with E-state index in [-0.39, 0.29) is 0 Å². The van der Waals surface area contributed by atoms with Gasteiger partial charge in [-0.2, -0.15) is 0 Å². The van der Waals surface area contributed by atoms with Crippen molar-refractivity contribution in [1.82, 2.24) is 19.5 Å². The Hall–Kier alpha value is -2.52. The van der Waals surface area contributed by atoms with Gasteiger partial charge in [0.1, 0.15) is 0 Å². The van der Waals surface area contributed by atoms with E-state index in [9.17, 15) is 0 Å². The number of halogens is 1. The van der Waals surface area contributed by atoms with Crippen molar-refractivity contribution in [2.24, 2.45) is 0 Å². The molecule has 0 aliphatic heterocycles. The quantitative estimate of drug-likeness (QED) is 0.436. The Bertz CT molecular complexity index is 889. The average Bonchev–Trinajstić information content (AvgIpc) is 3.21. The second-order valence-electron chi connectivity index (χ2n) is 5.26. The molecule has 0 aliphatic rings. The van der Waals surface area contributed by atoms with Gasteiger partial charge in [-0.15, -0.1) is 11.6 Å². The fourth-order valence-corrected chi connectivity index (χ4v) is 2.51. The lowest BCUT2D eigenvalue weighted by molar-refractivity contribution is 0.577. The fourth-order valence-electron chi connectivity index (χ4n) is 2.34. The Labute approximate surface area is 145 Å². The minimum atomic E-state index is 0.302. The number of hydrogen-bond donors (Lipinski definition) is 1.